The quantitative estimate of drug-likeness (QED) is 0.0689. The molecule has 3 aliphatic rings. The molecular weight excluding hydrogens is 761 g/mol. The Morgan fingerprint density at radius 1 is 1.09 bits per heavy atom. The van der Waals surface area contributed by atoms with Crippen LogP contribution in [0.1, 0.15) is 74.7 Å². The number of carbonyl (C=O) groups excluding carboxylic acids is 1. The average Bonchev–Trinajstić information content (AvgIpc) is 3.20. The Balaban J connectivity index is 1.53. The summed E-state index contributed by atoms with van der Waals surface area (Å²) in [5.74, 6) is -1.42. The average molecular weight is 817 g/mol. The Hall–Kier alpha value is -4.60. The Morgan fingerprint density at radius 2 is 1.83 bits per heavy atom. The summed E-state index contributed by atoms with van der Waals surface area (Å²) < 4.78 is 51.0. The Labute approximate surface area is 341 Å². The normalized spacial score (nSPS) is 24.3. The highest BCUT2D eigenvalue weighted by Crippen LogP contribution is 2.62. The van der Waals surface area contributed by atoms with Crippen LogP contribution in [-0.2, 0) is 31.0 Å². The Bertz CT molecular complexity index is 2090. The molecule has 14 heteroatoms. The van der Waals surface area contributed by atoms with Gasteiger partial charge in [-0.3, -0.25) is 9.78 Å². The number of benzene rings is 2. The van der Waals surface area contributed by atoms with E-state index in [4.69, 9.17) is 19.0 Å². The highest BCUT2D eigenvalue weighted by Gasteiger charge is 2.65. The number of amides is 1. The van der Waals surface area contributed by atoms with E-state index in [9.17, 15) is 23.4 Å². The van der Waals surface area contributed by atoms with Gasteiger partial charge in [-0.15, -0.1) is 6.58 Å². The first-order chi connectivity index (χ1) is 28.0. The van der Waals surface area contributed by atoms with E-state index in [0.717, 1.165) is 48.2 Å². The molecule has 0 unspecified atom stereocenters. The summed E-state index contributed by atoms with van der Waals surface area (Å²) in [6, 6.07) is 16.7. The minimum atomic E-state index is -4.20. The first-order valence-corrected chi connectivity index (χ1v) is 21.4. The molecule has 3 aromatic rings. The van der Waals surface area contributed by atoms with Crippen molar-refractivity contribution in [2.24, 2.45) is 22.9 Å². The number of oxime groups is 1. The molecular formula is C44H56N4O9S. The van der Waals surface area contributed by atoms with Crippen molar-refractivity contribution in [2.45, 2.75) is 88.0 Å². The van der Waals surface area contributed by atoms with Gasteiger partial charge in [-0.05, 0) is 105 Å². The minimum absolute atomic E-state index is 0.00724. The number of sulfonamides is 1. The number of nitrogens with one attached hydrogen (secondary N) is 1. The predicted octanol–water partition coefficient (Wildman–Crippen LogP) is 6.51. The van der Waals surface area contributed by atoms with Crippen molar-refractivity contribution in [1.82, 2.24) is 9.29 Å². The standard InChI is InChI=1S/C44H56N4O9S/c1-6-24-56-44-41(48(4)58(52,53)35-19-16-32(17-20-35)46-30(3)51)27-39(47-54-5)37-25-31(13-7-9-22-49)36(15-8-10-23-50)42(43(37)44)38-26-34(18-21-40(38)57-44)55-28-33-14-11-12-29(2)45-33/h6,11-12,14,16-21,25-26,31,36,41-43,49-50H,1,7-10,13,15,22-24,27-28H2,2-5H3,(H,46,51)/t31-,36+,41-,42+,43+,44+/m0/s1. The Morgan fingerprint density at radius 3 is 2.50 bits per heavy atom. The third-order valence-corrected chi connectivity index (χ3v) is 13.4. The highest BCUT2D eigenvalue weighted by molar-refractivity contribution is 7.89. The van der Waals surface area contributed by atoms with Crippen LogP contribution in [0.15, 0.2) is 95.0 Å². The number of likely N-dealkylation sites (N-methyl/N-ethyl adjacent to an activating group) is 1. The van der Waals surface area contributed by atoms with Gasteiger partial charge in [0.1, 0.15) is 25.2 Å². The third-order valence-electron chi connectivity index (χ3n) is 11.5. The molecule has 6 atom stereocenters. The highest BCUT2D eigenvalue weighted by atomic mass is 32.2. The van der Waals surface area contributed by atoms with E-state index in [-0.39, 0.29) is 61.4 Å². The van der Waals surface area contributed by atoms with Gasteiger partial charge < -0.3 is 34.6 Å². The lowest BCUT2D eigenvalue weighted by Crippen LogP contribution is -2.69. The number of fused-ring (bicyclic) bond motifs is 2. The SMILES string of the molecule is C=CCO[C@@]12Oc3ccc(OCc4cccc(C)n4)cc3[C@H]3[C@H](CCCCO)[C@@H](CCCCO)C=C(C(=NOC)C[C@@H]1N(C)S(=O)(=O)c1ccc(NC(C)=O)cc1)[C@H]32. The molecule has 0 spiro atoms. The first-order valence-electron chi connectivity index (χ1n) is 20.0. The molecule has 2 aliphatic carbocycles. The number of allylic oxidation sites excluding steroid dienone is 1. The van der Waals surface area contributed by atoms with Gasteiger partial charge in [0.2, 0.25) is 21.7 Å². The van der Waals surface area contributed by atoms with E-state index in [1.165, 1.54) is 37.5 Å². The topological polar surface area (TPSA) is 169 Å². The maximum atomic E-state index is 14.7. The van der Waals surface area contributed by atoms with Crippen LogP contribution in [0.4, 0.5) is 5.69 Å². The number of aliphatic hydroxyl groups is 2. The second-order valence-corrected chi connectivity index (χ2v) is 17.2. The van der Waals surface area contributed by atoms with E-state index in [2.05, 4.69) is 28.1 Å². The van der Waals surface area contributed by atoms with Crippen LogP contribution in [0.5, 0.6) is 11.5 Å². The van der Waals surface area contributed by atoms with Crippen LogP contribution >= 0.6 is 0 Å². The fourth-order valence-corrected chi connectivity index (χ4v) is 10.4. The molecule has 1 saturated carbocycles. The molecule has 1 aromatic heterocycles. The number of pyridine rings is 1. The summed E-state index contributed by atoms with van der Waals surface area (Å²) in [5, 5.41) is 26.9. The van der Waals surface area contributed by atoms with Gasteiger partial charge in [0, 0.05) is 56.5 Å². The molecule has 1 amide bonds. The fraction of sp³-hybridized carbons (Fsp3) is 0.477. The van der Waals surface area contributed by atoms with Gasteiger partial charge in [0.05, 0.1) is 34.9 Å². The maximum Gasteiger partial charge on any atom is 0.243 e. The van der Waals surface area contributed by atoms with Crippen molar-refractivity contribution in [3.05, 3.63) is 102 Å². The lowest BCUT2D eigenvalue weighted by atomic mass is 9.55. The largest absolute Gasteiger partial charge is 0.487 e. The van der Waals surface area contributed by atoms with Crippen LogP contribution in [0, 0.1) is 24.7 Å². The van der Waals surface area contributed by atoms with Crippen molar-refractivity contribution < 1.29 is 42.5 Å². The van der Waals surface area contributed by atoms with E-state index < -0.39 is 27.8 Å². The van der Waals surface area contributed by atoms with E-state index in [0.29, 0.717) is 35.7 Å². The van der Waals surface area contributed by atoms with Crippen LogP contribution in [-0.4, -0.2) is 85.3 Å². The van der Waals surface area contributed by atoms with Crippen molar-refractivity contribution in [3.63, 3.8) is 0 Å². The van der Waals surface area contributed by atoms with Crippen molar-refractivity contribution in [3.8, 4) is 11.5 Å². The van der Waals surface area contributed by atoms with Crippen LogP contribution < -0.4 is 14.8 Å². The summed E-state index contributed by atoms with van der Waals surface area (Å²) in [5.41, 5.74) is 4.52. The van der Waals surface area contributed by atoms with Crippen LogP contribution in [0.25, 0.3) is 0 Å². The molecule has 58 heavy (non-hydrogen) atoms. The zero-order chi connectivity index (χ0) is 41.5. The second kappa shape index (κ2) is 19.0. The summed E-state index contributed by atoms with van der Waals surface area (Å²) in [6.45, 7) is 7.76. The van der Waals surface area contributed by atoms with Crippen molar-refractivity contribution in [1.29, 1.82) is 0 Å². The van der Waals surface area contributed by atoms with E-state index >= 15 is 0 Å². The number of hydrogen-bond acceptors (Lipinski definition) is 11. The number of nitrogens with zero attached hydrogens (tertiary/aromatic N) is 3. The molecule has 2 aromatic carbocycles. The molecule has 13 nitrogen and oxygen atoms in total. The number of aliphatic hydroxyl groups excluding tert-OH is 2. The monoisotopic (exact) mass is 816 g/mol. The zero-order valence-electron chi connectivity index (χ0n) is 33.8. The number of rotatable bonds is 19. The number of carbonyl (C=O) groups is 1. The number of unbranched alkanes of at least 4 members (excludes halogenated alkanes) is 2. The lowest BCUT2D eigenvalue weighted by molar-refractivity contribution is -0.250. The van der Waals surface area contributed by atoms with E-state index in [1.807, 2.05) is 43.3 Å². The third kappa shape index (κ3) is 9.01. The zero-order valence-corrected chi connectivity index (χ0v) is 34.6. The van der Waals surface area contributed by atoms with Gasteiger partial charge in [0.15, 0.2) is 0 Å². The predicted molar refractivity (Wildman–Crippen MR) is 221 cm³/mol. The summed E-state index contributed by atoms with van der Waals surface area (Å²) in [7, 11) is -1.19. The van der Waals surface area contributed by atoms with Gasteiger partial charge in [0.25, 0.3) is 0 Å². The number of anilines is 1. The second-order valence-electron chi connectivity index (χ2n) is 15.2. The smallest absolute Gasteiger partial charge is 0.243 e. The molecule has 3 N–H and O–H groups in total. The molecule has 0 saturated heterocycles. The van der Waals surface area contributed by atoms with Crippen LogP contribution in [0.2, 0.25) is 0 Å². The molecule has 312 valence electrons. The fourth-order valence-electron chi connectivity index (χ4n) is 8.99. The number of aromatic nitrogens is 1. The van der Waals surface area contributed by atoms with Crippen molar-refractivity contribution >= 4 is 27.3 Å². The molecule has 0 radical (unpaired) electrons. The van der Waals surface area contributed by atoms with Gasteiger partial charge in [-0.25, -0.2) is 8.42 Å². The van der Waals surface area contributed by atoms with Gasteiger partial charge in [-0.1, -0.05) is 36.2 Å². The van der Waals surface area contributed by atoms with Crippen LogP contribution in [0.3, 0.4) is 0 Å². The maximum absolute atomic E-state index is 14.7. The number of hydrogen-bond donors (Lipinski definition) is 3. The summed E-state index contributed by atoms with van der Waals surface area (Å²) in [4.78, 5) is 21.8. The molecule has 2 heterocycles. The minimum Gasteiger partial charge on any atom is -0.487 e. The van der Waals surface area contributed by atoms with Gasteiger partial charge >= 0.3 is 0 Å². The molecule has 1 fully saturated rings. The number of ether oxygens (including phenoxy) is 3. The Kier molecular flexibility index (Phi) is 14.1. The molecule has 0 bridgehead atoms. The summed E-state index contributed by atoms with van der Waals surface area (Å²) in [6.07, 6.45) is 8.40. The number of aryl methyl sites for hydroxylation is 1. The summed E-state index contributed by atoms with van der Waals surface area (Å²) >= 11 is 0. The molecule has 6 rings (SSSR count). The van der Waals surface area contributed by atoms with Gasteiger partial charge in [-0.2, -0.15) is 4.31 Å². The van der Waals surface area contributed by atoms with Crippen molar-refractivity contribution in [2.75, 3.05) is 39.3 Å². The lowest BCUT2D eigenvalue weighted by Gasteiger charge is -2.59. The first kappa shape index (κ1) is 43.0. The van der Waals surface area contributed by atoms with E-state index in [1.54, 1.807) is 18.2 Å². The molecule has 1 aliphatic heterocycles.